The van der Waals surface area contributed by atoms with Crippen LogP contribution in [0, 0.1) is 0 Å². The first-order valence-electron chi connectivity index (χ1n) is 14.5. The van der Waals surface area contributed by atoms with Gasteiger partial charge in [0.15, 0.2) is 5.12 Å². The Morgan fingerprint density at radius 2 is 1.32 bits per heavy atom. The zero-order valence-corrected chi connectivity index (χ0v) is 25.3. The number of unbranched alkanes of at least 4 members (excludes halogenated alkanes) is 10. The van der Waals surface area contributed by atoms with Gasteiger partial charge in [0.2, 0.25) is 17.7 Å². The third kappa shape index (κ3) is 22.1. The molecule has 0 heterocycles. The number of nitrogens with one attached hydrogen (secondary N) is 2. The smallest absolute Gasteiger partial charge is 0.243 e. The molecule has 8 nitrogen and oxygen atoms in total. The van der Waals surface area contributed by atoms with Crippen molar-refractivity contribution in [2.24, 2.45) is 5.73 Å². The highest BCUT2D eigenvalue weighted by Gasteiger charge is 2.24. The molecule has 0 aromatic heterocycles. The van der Waals surface area contributed by atoms with Gasteiger partial charge in [-0.3, -0.25) is 24.0 Å². The number of amides is 3. The Bertz CT molecular complexity index is 736. The maximum absolute atomic E-state index is 12.7. The van der Waals surface area contributed by atoms with Crippen molar-refractivity contribution in [2.45, 2.75) is 154 Å². The first-order valence-corrected chi connectivity index (χ1v) is 15.3. The number of hydrogen-bond acceptors (Lipinski definition) is 6. The predicted octanol–water partition coefficient (Wildman–Crippen LogP) is 5.35. The number of ketones is 1. The second-order valence-corrected chi connectivity index (χ2v) is 13.2. The van der Waals surface area contributed by atoms with Gasteiger partial charge in [0.1, 0.15) is 11.8 Å². The summed E-state index contributed by atoms with van der Waals surface area (Å²) in [6.45, 7) is 9.71. The lowest BCUT2D eigenvalue weighted by Gasteiger charge is -2.20. The van der Waals surface area contributed by atoms with Gasteiger partial charge in [0.05, 0.1) is 12.8 Å². The molecule has 0 spiro atoms. The minimum absolute atomic E-state index is 0.137. The van der Waals surface area contributed by atoms with Gasteiger partial charge < -0.3 is 16.4 Å². The molecule has 2 atom stereocenters. The van der Waals surface area contributed by atoms with E-state index in [0.29, 0.717) is 12.8 Å². The Morgan fingerprint density at radius 1 is 0.789 bits per heavy atom. The van der Waals surface area contributed by atoms with Crippen molar-refractivity contribution in [3.8, 4) is 0 Å². The molecule has 0 rings (SSSR count). The molecule has 3 amide bonds. The molecular weight excluding hydrogens is 502 g/mol. The monoisotopic (exact) mass is 555 g/mol. The lowest BCUT2D eigenvalue weighted by Crippen LogP contribution is -2.50. The van der Waals surface area contributed by atoms with Crippen LogP contribution in [0.15, 0.2) is 0 Å². The van der Waals surface area contributed by atoms with Crippen molar-refractivity contribution >= 4 is 40.4 Å². The van der Waals surface area contributed by atoms with E-state index in [1.165, 1.54) is 51.4 Å². The second kappa shape index (κ2) is 21.0. The molecule has 0 saturated heterocycles. The number of primary amides is 1. The Labute approximate surface area is 234 Å². The maximum Gasteiger partial charge on any atom is 0.243 e. The standard InChI is InChI=1S/C29H53N3O5S/c1-6-7-8-9-10-11-12-13-14-15-16-17-26(35)32-24(21-25(30)34)28(37)31-22(2)18-19-23(33)20-27(36)38-29(3,4)5/h22,24H,6-21H2,1-5H3,(H2,30,34)(H,31,37)(H,32,35)/t22-,24+/m0/s1. The molecule has 0 aliphatic heterocycles. The largest absolute Gasteiger partial charge is 0.370 e. The van der Waals surface area contributed by atoms with E-state index in [-0.39, 0.29) is 46.9 Å². The van der Waals surface area contributed by atoms with Crippen molar-refractivity contribution in [1.82, 2.24) is 10.6 Å². The summed E-state index contributed by atoms with van der Waals surface area (Å²) in [5.74, 6) is -1.64. The lowest BCUT2D eigenvalue weighted by atomic mass is 10.0. The summed E-state index contributed by atoms with van der Waals surface area (Å²) >= 11 is 1.15. The number of carbonyl (C=O) groups excluding carboxylic acids is 5. The van der Waals surface area contributed by atoms with Gasteiger partial charge in [-0.05, 0) is 19.8 Å². The molecule has 0 saturated carbocycles. The molecule has 9 heteroatoms. The fourth-order valence-corrected chi connectivity index (χ4v) is 4.96. The predicted molar refractivity (Wildman–Crippen MR) is 156 cm³/mol. The fourth-order valence-electron chi connectivity index (χ4n) is 4.05. The van der Waals surface area contributed by atoms with Crippen molar-refractivity contribution in [2.75, 3.05) is 0 Å². The summed E-state index contributed by atoms with van der Waals surface area (Å²) in [6.07, 6.45) is 13.4. The van der Waals surface area contributed by atoms with Crippen molar-refractivity contribution in [1.29, 1.82) is 0 Å². The highest BCUT2D eigenvalue weighted by atomic mass is 32.2. The van der Waals surface area contributed by atoms with E-state index in [4.69, 9.17) is 5.73 Å². The summed E-state index contributed by atoms with van der Waals surface area (Å²) < 4.78 is -0.244. The molecule has 0 unspecified atom stereocenters. The highest BCUT2D eigenvalue weighted by Crippen LogP contribution is 2.25. The Morgan fingerprint density at radius 3 is 1.82 bits per heavy atom. The molecule has 0 aliphatic carbocycles. The summed E-state index contributed by atoms with van der Waals surface area (Å²) in [5.41, 5.74) is 5.29. The first-order chi connectivity index (χ1) is 17.8. The summed E-state index contributed by atoms with van der Waals surface area (Å²) in [6, 6.07) is -1.41. The summed E-state index contributed by atoms with van der Waals surface area (Å²) in [4.78, 5) is 60.6. The number of nitrogens with two attached hydrogens (primary N) is 1. The van der Waals surface area contributed by atoms with Gasteiger partial charge >= 0.3 is 0 Å². The molecule has 0 fully saturated rings. The molecule has 0 radical (unpaired) electrons. The molecule has 0 bridgehead atoms. The minimum Gasteiger partial charge on any atom is -0.370 e. The maximum atomic E-state index is 12.7. The molecule has 0 aliphatic rings. The van der Waals surface area contributed by atoms with E-state index in [0.717, 1.165) is 31.0 Å². The second-order valence-electron chi connectivity index (χ2n) is 11.3. The molecule has 0 aromatic rings. The van der Waals surface area contributed by atoms with Crippen LogP contribution in [0.2, 0.25) is 0 Å². The first kappa shape index (κ1) is 36.1. The van der Waals surface area contributed by atoms with Crippen LogP contribution >= 0.6 is 11.8 Å². The van der Waals surface area contributed by atoms with Crippen LogP contribution in [0.4, 0.5) is 0 Å². The van der Waals surface area contributed by atoms with Gasteiger partial charge in [-0.2, -0.15) is 0 Å². The quantitative estimate of drug-likeness (QED) is 0.122. The molecule has 220 valence electrons. The number of hydrogen-bond donors (Lipinski definition) is 3. The van der Waals surface area contributed by atoms with Crippen molar-refractivity contribution in [3.63, 3.8) is 0 Å². The van der Waals surface area contributed by atoms with Crippen LogP contribution in [0.5, 0.6) is 0 Å². The Hall–Kier alpha value is -1.90. The lowest BCUT2D eigenvalue weighted by molar-refractivity contribution is -0.131. The van der Waals surface area contributed by atoms with Crippen LogP contribution in [0.3, 0.4) is 0 Å². The SMILES string of the molecule is CCCCCCCCCCCCCC(=O)N[C@H](CC(N)=O)C(=O)N[C@@H](C)CCC(=O)CC(=O)SC(C)(C)C. The van der Waals surface area contributed by atoms with Crippen molar-refractivity contribution < 1.29 is 24.0 Å². The van der Waals surface area contributed by atoms with Crippen molar-refractivity contribution in [3.05, 3.63) is 0 Å². The van der Waals surface area contributed by atoms with E-state index in [2.05, 4.69) is 17.6 Å². The normalized spacial score (nSPS) is 13.0. The Kier molecular flexibility index (Phi) is 19.9. The van der Waals surface area contributed by atoms with E-state index in [9.17, 15) is 24.0 Å². The van der Waals surface area contributed by atoms with Gasteiger partial charge in [0, 0.05) is 23.6 Å². The number of carbonyl (C=O) groups is 5. The topological polar surface area (TPSA) is 135 Å². The fraction of sp³-hybridized carbons (Fsp3) is 0.828. The van der Waals surface area contributed by atoms with Crippen LogP contribution in [-0.4, -0.2) is 45.5 Å². The average molecular weight is 556 g/mol. The highest BCUT2D eigenvalue weighted by molar-refractivity contribution is 8.14. The third-order valence-electron chi connectivity index (χ3n) is 6.07. The zero-order chi connectivity index (χ0) is 29.0. The van der Waals surface area contributed by atoms with Crippen LogP contribution in [-0.2, 0) is 24.0 Å². The van der Waals surface area contributed by atoms with Gasteiger partial charge in [-0.25, -0.2) is 0 Å². The van der Waals surface area contributed by atoms with E-state index < -0.39 is 17.9 Å². The van der Waals surface area contributed by atoms with Crippen LogP contribution in [0.1, 0.15) is 137 Å². The zero-order valence-electron chi connectivity index (χ0n) is 24.5. The van der Waals surface area contributed by atoms with Gasteiger partial charge in [0.25, 0.3) is 0 Å². The number of Topliss-reactive ketones (excluding diaryl/α,β-unsaturated/α-hetero) is 1. The van der Waals surface area contributed by atoms with E-state index in [1.807, 2.05) is 20.8 Å². The number of thioether (sulfide) groups is 1. The van der Waals surface area contributed by atoms with Crippen LogP contribution < -0.4 is 16.4 Å². The van der Waals surface area contributed by atoms with E-state index in [1.54, 1.807) is 6.92 Å². The molecule has 4 N–H and O–H groups in total. The summed E-state index contributed by atoms with van der Waals surface area (Å²) in [7, 11) is 0. The van der Waals surface area contributed by atoms with Gasteiger partial charge in [-0.15, -0.1) is 0 Å². The molecule has 38 heavy (non-hydrogen) atoms. The van der Waals surface area contributed by atoms with Crippen LogP contribution in [0.25, 0.3) is 0 Å². The average Bonchev–Trinajstić information content (AvgIpc) is 2.79. The Balaban J connectivity index is 4.30. The molecule has 0 aromatic carbocycles. The summed E-state index contributed by atoms with van der Waals surface area (Å²) in [5, 5.41) is 5.22. The minimum atomic E-state index is -1.05. The third-order valence-corrected chi connectivity index (χ3v) is 7.06. The molecular formula is C29H53N3O5S. The van der Waals surface area contributed by atoms with E-state index >= 15 is 0 Å². The number of rotatable bonds is 22. The van der Waals surface area contributed by atoms with Gasteiger partial charge in [-0.1, -0.05) is 104 Å².